The third-order valence-electron chi connectivity index (χ3n) is 2.66. The Kier molecular flexibility index (Phi) is 4.04. The number of para-hydroxylation sites is 1. The Morgan fingerprint density at radius 2 is 1.70 bits per heavy atom. The van der Waals surface area contributed by atoms with E-state index in [-0.39, 0.29) is 0 Å². The van der Waals surface area contributed by atoms with Gasteiger partial charge in [-0.05, 0) is 13.0 Å². The zero-order valence-electron chi connectivity index (χ0n) is 10.1. The van der Waals surface area contributed by atoms with Gasteiger partial charge in [-0.1, -0.05) is 12.1 Å². The minimum Gasteiger partial charge on any atom is -0.385 e. The molecular weight excluding hydrogens is 289 g/mol. The summed E-state index contributed by atoms with van der Waals surface area (Å²) in [6, 6.07) is 4.25. The van der Waals surface area contributed by atoms with Gasteiger partial charge in [0, 0.05) is 6.07 Å². The maximum absolute atomic E-state index is 13.0. The van der Waals surface area contributed by atoms with Crippen molar-refractivity contribution in [3.05, 3.63) is 39.9 Å². The van der Waals surface area contributed by atoms with Crippen LogP contribution in [-0.4, -0.2) is 22.1 Å². The molecule has 4 nitrogen and oxygen atoms in total. The highest BCUT2D eigenvalue weighted by Crippen LogP contribution is 2.45. The largest absolute Gasteiger partial charge is 0.453 e. The second-order valence-corrected chi connectivity index (χ2v) is 4.43. The fourth-order valence-electron chi connectivity index (χ4n) is 1.72. The summed E-state index contributed by atoms with van der Waals surface area (Å²) in [5, 5.41) is 20.5. The van der Waals surface area contributed by atoms with Crippen molar-refractivity contribution in [2.45, 2.75) is 31.0 Å². The second-order valence-electron chi connectivity index (χ2n) is 4.43. The molecule has 1 unspecified atom stereocenters. The van der Waals surface area contributed by atoms with Crippen LogP contribution in [0.4, 0.5) is 27.6 Å². The fraction of sp³-hybridized carbons (Fsp3) is 0.455. The van der Waals surface area contributed by atoms with Crippen molar-refractivity contribution in [2.24, 2.45) is 0 Å². The van der Waals surface area contributed by atoms with Crippen LogP contribution < -0.4 is 0 Å². The molecule has 1 aromatic rings. The Bertz CT molecular complexity index is 513. The van der Waals surface area contributed by atoms with Gasteiger partial charge >= 0.3 is 12.1 Å². The quantitative estimate of drug-likeness (QED) is 0.526. The molecule has 0 aliphatic heterocycles. The van der Waals surface area contributed by atoms with Crippen molar-refractivity contribution in [1.82, 2.24) is 0 Å². The molecule has 0 aliphatic carbocycles. The molecule has 0 aliphatic rings. The summed E-state index contributed by atoms with van der Waals surface area (Å²) in [5.41, 5.74) is -4.03. The average molecular weight is 299 g/mol. The molecule has 20 heavy (non-hydrogen) atoms. The molecule has 1 rings (SSSR count). The van der Waals surface area contributed by atoms with E-state index < -0.39 is 40.3 Å². The molecular formula is C11H10F5NO3. The molecule has 0 amide bonds. The molecule has 9 heteroatoms. The van der Waals surface area contributed by atoms with Crippen LogP contribution in [0.1, 0.15) is 18.9 Å². The zero-order chi connectivity index (χ0) is 15.8. The van der Waals surface area contributed by atoms with Gasteiger partial charge in [-0.3, -0.25) is 10.1 Å². The zero-order valence-corrected chi connectivity index (χ0v) is 10.1. The van der Waals surface area contributed by atoms with E-state index in [4.69, 9.17) is 0 Å². The first-order chi connectivity index (χ1) is 8.88. The summed E-state index contributed by atoms with van der Waals surface area (Å²) in [5.74, 6) is -5.17. The number of nitrogens with zero attached hydrogens (tertiary/aromatic N) is 1. The molecule has 0 saturated heterocycles. The van der Waals surface area contributed by atoms with Gasteiger partial charge in [0.15, 0.2) is 0 Å². The highest BCUT2D eigenvalue weighted by Gasteiger charge is 2.60. The van der Waals surface area contributed by atoms with Gasteiger partial charge in [-0.15, -0.1) is 0 Å². The van der Waals surface area contributed by atoms with Crippen LogP contribution in [0.15, 0.2) is 24.3 Å². The van der Waals surface area contributed by atoms with E-state index in [1.807, 2.05) is 0 Å². The number of halogens is 5. The van der Waals surface area contributed by atoms with Gasteiger partial charge in [0.2, 0.25) is 0 Å². The average Bonchev–Trinajstić information content (AvgIpc) is 2.26. The second kappa shape index (κ2) is 4.97. The Morgan fingerprint density at radius 1 is 1.20 bits per heavy atom. The van der Waals surface area contributed by atoms with Crippen molar-refractivity contribution in [3.8, 4) is 0 Å². The number of benzene rings is 1. The van der Waals surface area contributed by atoms with Gasteiger partial charge in [0.25, 0.3) is 5.69 Å². The molecule has 0 radical (unpaired) electrons. The first-order valence-electron chi connectivity index (χ1n) is 5.29. The summed E-state index contributed by atoms with van der Waals surface area (Å²) in [4.78, 5) is 9.75. The Labute approximate surface area is 110 Å². The summed E-state index contributed by atoms with van der Waals surface area (Å²) in [7, 11) is 0. The highest BCUT2D eigenvalue weighted by molar-refractivity contribution is 5.43. The molecule has 0 heterocycles. The number of nitro groups is 1. The molecule has 1 aromatic carbocycles. The van der Waals surface area contributed by atoms with E-state index in [1.54, 1.807) is 0 Å². The predicted molar refractivity (Wildman–Crippen MR) is 58.3 cm³/mol. The van der Waals surface area contributed by atoms with Crippen LogP contribution in [0.25, 0.3) is 0 Å². The molecule has 0 fully saturated rings. The smallest absolute Gasteiger partial charge is 0.385 e. The van der Waals surface area contributed by atoms with Crippen molar-refractivity contribution in [1.29, 1.82) is 0 Å². The summed E-state index contributed by atoms with van der Waals surface area (Å²) >= 11 is 0. The molecule has 0 aromatic heterocycles. The first-order valence-corrected chi connectivity index (χ1v) is 5.29. The van der Waals surface area contributed by atoms with Crippen LogP contribution >= 0.6 is 0 Å². The topological polar surface area (TPSA) is 63.4 Å². The SMILES string of the molecule is CC(O)(CC(F)(F)C(F)(F)F)c1ccccc1[N+](=O)[O-]. The molecule has 1 N–H and O–H groups in total. The standard InChI is InChI=1S/C11H10F5NO3/c1-9(18,6-10(12,13)11(14,15)16)7-4-2-3-5-8(7)17(19)20/h2-5,18H,6H2,1H3. The Hall–Kier alpha value is -1.77. The van der Waals surface area contributed by atoms with Gasteiger partial charge in [-0.2, -0.15) is 22.0 Å². The van der Waals surface area contributed by atoms with Crippen molar-refractivity contribution in [2.75, 3.05) is 0 Å². The number of aliphatic hydroxyl groups is 1. The maximum Gasteiger partial charge on any atom is 0.453 e. The van der Waals surface area contributed by atoms with E-state index in [0.717, 1.165) is 12.1 Å². The van der Waals surface area contributed by atoms with Gasteiger partial charge < -0.3 is 5.11 Å². The first kappa shape index (κ1) is 16.3. The van der Waals surface area contributed by atoms with Gasteiger partial charge in [0.05, 0.1) is 22.5 Å². The van der Waals surface area contributed by atoms with E-state index in [2.05, 4.69) is 0 Å². The maximum atomic E-state index is 13.0. The summed E-state index contributed by atoms with van der Waals surface area (Å²) < 4.78 is 62.4. The summed E-state index contributed by atoms with van der Waals surface area (Å²) in [6.45, 7) is 0.676. The van der Waals surface area contributed by atoms with Crippen LogP contribution in [0.3, 0.4) is 0 Å². The monoisotopic (exact) mass is 299 g/mol. The number of hydrogen-bond donors (Lipinski definition) is 1. The minimum atomic E-state index is -5.85. The molecule has 112 valence electrons. The van der Waals surface area contributed by atoms with E-state index in [1.165, 1.54) is 12.1 Å². The number of hydrogen-bond acceptors (Lipinski definition) is 3. The molecule has 0 saturated carbocycles. The summed E-state index contributed by atoms with van der Waals surface area (Å²) in [6.07, 6.45) is -7.85. The van der Waals surface area contributed by atoms with E-state index in [9.17, 15) is 37.2 Å². The third-order valence-corrected chi connectivity index (χ3v) is 2.66. The van der Waals surface area contributed by atoms with Crippen LogP contribution in [0.2, 0.25) is 0 Å². The van der Waals surface area contributed by atoms with E-state index >= 15 is 0 Å². The van der Waals surface area contributed by atoms with Gasteiger partial charge in [-0.25, -0.2) is 0 Å². The highest BCUT2D eigenvalue weighted by atomic mass is 19.4. The number of nitro benzene ring substituents is 1. The lowest BCUT2D eigenvalue weighted by molar-refractivity contribution is -0.387. The van der Waals surface area contributed by atoms with Crippen LogP contribution in [0.5, 0.6) is 0 Å². The molecule has 1 atom stereocenters. The van der Waals surface area contributed by atoms with Crippen LogP contribution in [-0.2, 0) is 5.60 Å². The third kappa shape index (κ3) is 3.21. The van der Waals surface area contributed by atoms with Crippen LogP contribution in [0, 0.1) is 10.1 Å². The number of alkyl halides is 5. The van der Waals surface area contributed by atoms with E-state index in [0.29, 0.717) is 6.92 Å². The van der Waals surface area contributed by atoms with Gasteiger partial charge in [0.1, 0.15) is 0 Å². The normalized spacial score (nSPS) is 15.8. The van der Waals surface area contributed by atoms with Crippen molar-refractivity contribution >= 4 is 5.69 Å². The lowest BCUT2D eigenvalue weighted by Crippen LogP contribution is -2.42. The Balaban J connectivity index is 3.22. The lowest BCUT2D eigenvalue weighted by Gasteiger charge is -2.29. The molecule has 0 spiro atoms. The predicted octanol–water partition coefficient (Wildman–Crippen LogP) is 3.39. The molecule has 0 bridgehead atoms. The number of rotatable bonds is 4. The minimum absolute atomic E-state index is 0.603. The Morgan fingerprint density at radius 3 is 2.15 bits per heavy atom. The van der Waals surface area contributed by atoms with Crippen molar-refractivity contribution < 1.29 is 32.0 Å². The lowest BCUT2D eigenvalue weighted by atomic mass is 9.88. The van der Waals surface area contributed by atoms with Crippen molar-refractivity contribution in [3.63, 3.8) is 0 Å². The fourth-order valence-corrected chi connectivity index (χ4v) is 1.72.